The Morgan fingerprint density at radius 1 is 1.56 bits per heavy atom. The van der Waals surface area contributed by atoms with Gasteiger partial charge in [0.1, 0.15) is 22.5 Å². The number of carboxylic acid groups (broad SMARTS) is 1. The van der Waals surface area contributed by atoms with E-state index in [2.05, 4.69) is 15.3 Å². The molecule has 1 aliphatic rings. The van der Waals surface area contributed by atoms with Crippen LogP contribution in [0.3, 0.4) is 0 Å². The van der Waals surface area contributed by atoms with Crippen LogP contribution in [0.2, 0.25) is 0 Å². The highest BCUT2D eigenvalue weighted by Crippen LogP contribution is 2.42. The highest BCUT2D eigenvalue weighted by molar-refractivity contribution is 7.16. The molecule has 3 rings (SSSR count). The number of hydrogen-bond acceptors (Lipinski definition) is 5. The zero-order valence-corrected chi connectivity index (χ0v) is 10.7. The van der Waals surface area contributed by atoms with Gasteiger partial charge in [0, 0.05) is 0 Å². The molecule has 0 aromatic carbocycles. The van der Waals surface area contributed by atoms with Crippen molar-refractivity contribution in [3.8, 4) is 0 Å². The van der Waals surface area contributed by atoms with Crippen LogP contribution in [-0.4, -0.2) is 26.6 Å². The summed E-state index contributed by atoms with van der Waals surface area (Å²) in [6, 6.07) is 1.91. The molecule has 1 unspecified atom stereocenters. The van der Waals surface area contributed by atoms with E-state index in [-0.39, 0.29) is 5.92 Å². The van der Waals surface area contributed by atoms with Gasteiger partial charge in [0.2, 0.25) is 0 Å². The molecule has 0 aliphatic heterocycles. The van der Waals surface area contributed by atoms with Gasteiger partial charge < -0.3 is 10.4 Å². The third-order valence-electron chi connectivity index (χ3n) is 3.48. The normalized spacial score (nSPS) is 18.5. The number of fused-ring (bicyclic) bond motifs is 1. The van der Waals surface area contributed by atoms with Gasteiger partial charge in [-0.3, -0.25) is 0 Å². The van der Waals surface area contributed by atoms with E-state index in [4.69, 9.17) is 0 Å². The summed E-state index contributed by atoms with van der Waals surface area (Å²) in [6.45, 7) is 1.73. The number of nitrogens with one attached hydrogen (secondary N) is 1. The summed E-state index contributed by atoms with van der Waals surface area (Å²) >= 11 is 1.52. The first-order chi connectivity index (χ1) is 8.61. The Balaban J connectivity index is 2.00. The average molecular weight is 263 g/mol. The number of anilines is 1. The fourth-order valence-electron chi connectivity index (χ4n) is 2.13. The predicted molar refractivity (Wildman–Crippen MR) is 69.8 cm³/mol. The second-order valence-corrected chi connectivity index (χ2v) is 5.66. The largest absolute Gasteiger partial charge is 0.480 e. The van der Waals surface area contributed by atoms with Gasteiger partial charge in [0.25, 0.3) is 0 Å². The van der Waals surface area contributed by atoms with E-state index >= 15 is 0 Å². The molecule has 0 spiro atoms. The van der Waals surface area contributed by atoms with Gasteiger partial charge in [-0.25, -0.2) is 14.8 Å². The Kier molecular flexibility index (Phi) is 2.48. The molecule has 94 valence electrons. The number of aromatic nitrogens is 2. The molecule has 1 fully saturated rings. The molecule has 0 saturated heterocycles. The maximum Gasteiger partial charge on any atom is 0.329 e. The first-order valence-electron chi connectivity index (χ1n) is 5.81. The number of aliphatic carboxylic acids is 1. The van der Waals surface area contributed by atoms with Crippen LogP contribution in [-0.2, 0) is 4.79 Å². The third kappa shape index (κ3) is 1.73. The molecule has 2 N–H and O–H groups in total. The summed E-state index contributed by atoms with van der Waals surface area (Å²) in [5.74, 6) is -0.0382. The fourth-order valence-corrected chi connectivity index (χ4v) is 2.86. The van der Waals surface area contributed by atoms with Gasteiger partial charge in [0.15, 0.2) is 0 Å². The first kappa shape index (κ1) is 11.4. The Bertz CT molecular complexity index is 608. The summed E-state index contributed by atoms with van der Waals surface area (Å²) in [5.41, 5.74) is -0.941. The van der Waals surface area contributed by atoms with Crippen molar-refractivity contribution in [2.45, 2.75) is 25.3 Å². The van der Waals surface area contributed by atoms with Crippen molar-refractivity contribution in [3.63, 3.8) is 0 Å². The Hall–Kier alpha value is -1.69. The number of rotatable bonds is 4. The van der Waals surface area contributed by atoms with Gasteiger partial charge in [-0.15, -0.1) is 11.3 Å². The molecule has 0 bridgehead atoms. The summed E-state index contributed by atoms with van der Waals surface area (Å²) < 4.78 is 0. The van der Waals surface area contributed by atoms with E-state index in [0.717, 1.165) is 23.1 Å². The molecule has 6 heteroatoms. The molecule has 2 heterocycles. The van der Waals surface area contributed by atoms with Crippen molar-refractivity contribution in [1.82, 2.24) is 9.97 Å². The van der Waals surface area contributed by atoms with E-state index < -0.39 is 11.5 Å². The number of carbonyl (C=O) groups is 1. The lowest BCUT2D eigenvalue weighted by Gasteiger charge is -2.26. The van der Waals surface area contributed by atoms with E-state index in [9.17, 15) is 9.90 Å². The van der Waals surface area contributed by atoms with Crippen molar-refractivity contribution in [2.75, 3.05) is 5.32 Å². The zero-order chi connectivity index (χ0) is 12.8. The van der Waals surface area contributed by atoms with Gasteiger partial charge >= 0.3 is 5.97 Å². The lowest BCUT2D eigenvalue weighted by atomic mass is 9.96. The molecule has 1 atom stereocenters. The molecular formula is C12H13N3O2S. The molecular weight excluding hydrogens is 250 g/mol. The maximum absolute atomic E-state index is 11.5. The number of nitrogens with zero attached hydrogens (tertiary/aromatic N) is 2. The second kappa shape index (κ2) is 3.91. The SMILES string of the molecule is CC(Nc1ncnc2sccc12)(C(=O)O)C1CC1. The van der Waals surface area contributed by atoms with Crippen LogP contribution < -0.4 is 5.32 Å². The van der Waals surface area contributed by atoms with Gasteiger partial charge in [-0.05, 0) is 37.1 Å². The lowest BCUT2D eigenvalue weighted by molar-refractivity contribution is -0.142. The topological polar surface area (TPSA) is 75.1 Å². The molecule has 2 aromatic rings. The van der Waals surface area contributed by atoms with Crippen LogP contribution >= 0.6 is 11.3 Å². The summed E-state index contributed by atoms with van der Waals surface area (Å²) in [5, 5.41) is 15.3. The van der Waals surface area contributed by atoms with Crippen LogP contribution in [0.15, 0.2) is 17.8 Å². The monoisotopic (exact) mass is 263 g/mol. The van der Waals surface area contributed by atoms with Crippen molar-refractivity contribution in [2.24, 2.45) is 5.92 Å². The van der Waals surface area contributed by atoms with Crippen LogP contribution in [0.5, 0.6) is 0 Å². The van der Waals surface area contributed by atoms with Gasteiger partial charge in [0.05, 0.1) is 5.39 Å². The fraction of sp³-hybridized carbons (Fsp3) is 0.417. The van der Waals surface area contributed by atoms with Crippen LogP contribution in [0.1, 0.15) is 19.8 Å². The molecule has 0 amide bonds. The molecule has 1 aliphatic carbocycles. The smallest absolute Gasteiger partial charge is 0.329 e. The quantitative estimate of drug-likeness (QED) is 0.885. The highest BCUT2D eigenvalue weighted by Gasteiger charge is 2.48. The van der Waals surface area contributed by atoms with Crippen molar-refractivity contribution in [3.05, 3.63) is 17.8 Å². The molecule has 18 heavy (non-hydrogen) atoms. The summed E-state index contributed by atoms with van der Waals surface area (Å²) in [6.07, 6.45) is 3.37. The lowest BCUT2D eigenvalue weighted by Crippen LogP contribution is -2.45. The minimum absolute atomic E-state index is 0.179. The van der Waals surface area contributed by atoms with Crippen LogP contribution in [0, 0.1) is 5.92 Å². The van der Waals surface area contributed by atoms with Crippen molar-refractivity contribution >= 4 is 33.3 Å². The number of carboxylic acids is 1. The van der Waals surface area contributed by atoms with Crippen LogP contribution in [0.4, 0.5) is 5.82 Å². The van der Waals surface area contributed by atoms with E-state index in [0.29, 0.717) is 5.82 Å². The minimum atomic E-state index is -0.941. The third-order valence-corrected chi connectivity index (χ3v) is 4.30. The standard InChI is InChI=1S/C12H13N3O2S/c1-12(11(16)17,7-2-3-7)15-9-8-4-5-18-10(8)14-6-13-9/h4-7H,2-3H2,1H3,(H,16,17)(H,13,14,15). The van der Waals surface area contributed by atoms with Crippen molar-refractivity contribution < 1.29 is 9.90 Å². The minimum Gasteiger partial charge on any atom is -0.480 e. The van der Waals surface area contributed by atoms with E-state index in [1.54, 1.807) is 6.92 Å². The molecule has 1 saturated carbocycles. The number of hydrogen-bond donors (Lipinski definition) is 2. The Morgan fingerprint density at radius 2 is 2.33 bits per heavy atom. The van der Waals surface area contributed by atoms with Crippen molar-refractivity contribution in [1.29, 1.82) is 0 Å². The first-order valence-corrected chi connectivity index (χ1v) is 6.69. The second-order valence-electron chi connectivity index (χ2n) is 4.77. The number of thiophene rings is 1. The van der Waals surface area contributed by atoms with Crippen LogP contribution in [0.25, 0.3) is 10.2 Å². The Labute approximate surface area is 108 Å². The summed E-state index contributed by atoms with van der Waals surface area (Å²) in [7, 11) is 0. The van der Waals surface area contributed by atoms with E-state index in [1.807, 2.05) is 11.4 Å². The van der Waals surface area contributed by atoms with Gasteiger partial charge in [-0.1, -0.05) is 0 Å². The summed E-state index contributed by atoms with van der Waals surface area (Å²) in [4.78, 5) is 20.7. The molecule has 2 aromatic heterocycles. The maximum atomic E-state index is 11.5. The Morgan fingerprint density at radius 3 is 3.00 bits per heavy atom. The van der Waals surface area contributed by atoms with Gasteiger partial charge in [-0.2, -0.15) is 0 Å². The highest BCUT2D eigenvalue weighted by atomic mass is 32.1. The molecule has 5 nitrogen and oxygen atoms in total. The zero-order valence-electron chi connectivity index (χ0n) is 9.88. The van der Waals surface area contributed by atoms with E-state index in [1.165, 1.54) is 17.7 Å². The predicted octanol–water partition coefficient (Wildman–Crippen LogP) is 2.36. The molecule has 0 radical (unpaired) electrons. The average Bonchev–Trinajstić information content (AvgIpc) is 3.08.